The van der Waals surface area contributed by atoms with E-state index >= 15 is 0 Å². The van der Waals surface area contributed by atoms with E-state index in [-0.39, 0.29) is 0 Å². The maximum Gasteiger partial charge on any atom is 0.162 e. The molecule has 0 N–H and O–H groups in total. The van der Waals surface area contributed by atoms with Crippen molar-refractivity contribution in [2.24, 2.45) is 0 Å². The van der Waals surface area contributed by atoms with E-state index in [9.17, 15) is 0 Å². The van der Waals surface area contributed by atoms with Crippen molar-refractivity contribution in [3.8, 4) is 0 Å². The average molecular weight is 163 g/mol. The van der Waals surface area contributed by atoms with Gasteiger partial charge in [-0.05, 0) is 29.4 Å². The van der Waals surface area contributed by atoms with Gasteiger partial charge < -0.3 is 4.74 Å². The van der Waals surface area contributed by atoms with Gasteiger partial charge in [0.05, 0.1) is 5.76 Å². The Hall–Kier alpha value is -0.240. The quantitative estimate of drug-likeness (QED) is 0.568. The molecule has 0 radical (unpaired) electrons. The van der Waals surface area contributed by atoms with E-state index in [1.54, 1.807) is 6.92 Å². The third-order valence-electron chi connectivity index (χ3n) is 0.285. The van der Waals surface area contributed by atoms with Gasteiger partial charge >= 0.3 is 0 Å². The van der Waals surface area contributed by atoms with Crippen LogP contribution in [0, 0.1) is 0 Å². The van der Waals surface area contributed by atoms with Gasteiger partial charge in [0.25, 0.3) is 0 Å². The van der Waals surface area contributed by atoms with Gasteiger partial charge in [-0.15, -0.1) is 0 Å². The van der Waals surface area contributed by atoms with Gasteiger partial charge in [0.1, 0.15) is 0 Å². The normalized spacial score (nSPS) is 7.71. The van der Waals surface area contributed by atoms with E-state index in [0.717, 1.165) is 0 Å². The standard InChI is InChI=1S/C5H7BrO/c1-4(2)7-5(3)6/h1,3H2,2H3. The summed E-state index contributed by atoms with van der Waals surface area (Å²) in [5.41, 5.74) is 0. The molecule has 0 aromatic rings. The van der Waals surface area contributed by atoms with Crippen LogP contribution in [0.1, 0.15) is 6.92 Å². The summed E-state index contributed by atoms with van der Waals surface area (Å²) in [6.45, 7) is 8.67. The Kier molecular flexibility index (Phi) is 2.76. The number of hydrogen-bond donors (Lipinski definition) is 0. The largest absolute Gasteiger partial charge is 0.456 e. The van der Waals surface area contributed by atoms with Gasteiger partial charge in [-0.2, -0.15) is 0 Å². The van der Waals surface area contributed by atoms with Crippen LogP contribution < -0.4 is 0 Å². The Balaban J connectivity index is 3.32. The molecule has 1 nitrogen and oxygen atoms in total. The Morgan fingerprint density at radius 1 is 1.57 bits per heavy atom. The van der Waals surface area contributed by atoms with Gasteiger partial charge in [-0.1, -0.05) is 6.58 Å². The highest BCUT2D eigenvalue weighted by Crippen LogP contribution is 2.06. The Morgan fingerprint density at radius 3 is 2.00 bits per heavy atom. The maximum atomic E-state index is 4.78. The van der Waals surface area contributed by atoms with Crippen LogP contribution in [0.3, 0.4) is 0 Å². The van der Waals surface area contributed by atoms with Crippen molar-refractivity contribution in [1.29, 1.82) is 0 Å². The van der Waals surface area contributed by atoms with Gasteiger partial charge in [-0.25, -0.2) is 0 Å². The first kappa shape index (κ1) is 6.76. The second-order valence-corrected chi connectivity index (χ2v) is 2.04. The molecule has 2 heteroatoms. The second-order valence-electron chi connectivity index (χ2n) is 1.16. The van der Waals surface area contributed by atoms with Crippen LogP contribution in [0.5, 0.6) is 0 Å². The molecule has 0 amide bonds. The maximum absolute atomic E-state index is 4.78. The molecule has 0 unspecified atom stereocenters. The molecule has 0 bridgehead atoms. The van der Waals surface area contributed by atoms with Crippen molar-refractivity contribution in [3.63, 3.8) is 0 Å². The lowest BCUT2D eigenvalue weighted by molar-refractivity contribution is 0.347. The number of halogens is 1. The highest BCUT2D eigenvalue weighted by Gasteiger charge is 1.82. The third-order valence-corrected chi connectivity index (χ3v) is 0.447. The predicted molar refractivity (Wildman–Crippen MR) is 34.0 cm³/mol. The minimum absolute atomic E-state index is 0.500. The molecule has 0 rings (SSSR count). The summed E-state index contributed by atoms with van der Waals surface area (Å²) in [6.07, 6.45) is 0. The third kappa shape index (κ3) is 5.76. The van der Waals surface area contributed by atoms with Crippen molar-refractivity contribution in [1.82, 2.24) is 0 Å². The molecular formula is C5H7BrO. The fourth-order valence-corrected chi connectivity index (χ4v) is 0.465. The first-order valence-electron chi connectivity index (χ1n) is 1.80. The Morgan fingerprint density at radius 2 is 2.00 bits per heavy atom. The van der Waals surface area contributed by atoms with Crippen LogP contribution in [-0.4, -0.2) is 0 Å². The summed E-state index contributed by atoms with van der Waals surface area (Å²) >= 11 is 3.00. The zero-order valence-corrected chi connectivity index (χ0v) is 5.79. The molecule has 0 saturated carbocycles. The molecule has 0 aromatic heterocycles. The van der Waals surface area contributed by atoms with Crippen molar-refractivity contribution in [2.45, 2.75) is 6.92 Å². The fraction of sp³-hybridized carbons (Fsp3) is 0.200. The number of ether oxygens (including phenoxy) is 1. The minimum Gasteiger partial charge on any atom is -0.456 e. The van der Waals surface area contributed by atoms with Crippen LogP contribution in [-0.2, 0) is 4.74 Å². The molecule has 0 heterocycles. The topological polar surface area (TPSA) is 9.23 Å². The number of hydrogen-bond acceptors (Lipinski definition) is 1. The van der Waals surface area contributed by atoms with E-state index in [1.807, 2.05) is 0 Å². The van der Waals surface area contributed by atoms with Crippen LogP contribution >= 0.6 is 15.9 Å². The molecule has 7 heavy (non-hydrogen) atoms. The lowest BCUT2D eigenvalue weighted by Crippen LogP contribution is -1.75. The van der Waals surface area contributed by atoms with Gasteiger partial charge in [0.2, 0.25) is 0 Å². The summed E-state index contributed by atoms with van der Waals surface area (Å²) in [7, 11) is 0. The van der Waals surface area contributed by atoms with Crippen LogP contribution in [0.4, 0.5) is 0 Å². The molecular weight excluding hydrogens is 156 g/mol. The average Bonchev–Trinajstić information content (AvgIpc) is 1.27. The van der Waals surface area contributed by atoms with E-state index in [2.05, 4.69) is 29.1 Å². The molecule has 0 saturated heterocycles. The smallest absolute Gasteiger partial charge is 0.162 e. The lowest BCUT2D eigenvalue weighted by Gasteiger charge is -1.97. The predicted octanol–water partition coefficient (Wildman–Crippen LogP) is 2.40. The van der Waals surface area contributed by atoms with Gasteiger partial charge in [0, 0.05) is 0 Å². The van der Waals surface area contributed by atoms with Gasteiger partial charge in [0.15, 0.2) is 4.67 Å². The molecule has 40 valence electrons. The summed E-state index contributed by atoms with van der Waals surface area (Å²) in [6, 6.07) is 0. The molecule has 0 aliphatic carbocycles. The summed E-state index contributed by atoms with van der Waals surface area (Å²) in [5.74, 6) is 0.641. The highest BCUT2D eigenvalue weighted by atomic mass is 79.9. The molecule has 0 aliphatic heterocycles. The molecule has 0 spiro atoms. The summed E-state index contributed by atoms with van der Waals surface area (Å²) in [4.78, 5) is 0. The monoisotopic (exact) mass is 162 g/mol. The summed E-state index contributed by atoms with van der Waals surface area (Å²) in [5, 5.41) is 0. The minimum atomic E-state index is 0.500. The zero-order chi connectivity index (χ0) is 5.86. The van der Waals surface area contributed by atoms with Crippen molar-refractivity contribution in [2.75, 3.05) is 0 Å². The van der Waals surface area contributed by atoms with Crippen LogP contribution in [0.25, 0.3) is 0 Å². The zero-order valence-electron chi connectivity index (χ0n) is 4.20. The fourth-order valence-electron chi connectivity index (χ4n) is 0.189. The molecule has 0 atom stereocenters. The molecule has 0 fully saturated rings. The van der Waals surface area contributed by atoms with E-state index in [4.69, 9.17) is 4.74 Å². The van der Waals surface area contributed by atoms with Crippen molar-refractivity contribution >= 4 is 15.9 Å². The van der Waals surface area contributed by atoms with E-state index < -0.39 is 0 Å². The highest BCUT2D eigenvalue weighted by molar-refractivity contribution is 9.11. The first-order valence-corrected chi connectivity index (χ1v) is 2.60. The van der Waals surface area contributed by atoms with Crippen LogP contribution in [0.15, 0.2) is 23.6 Å². The Labute approximate surface area is 51.8 Å². The van der Waals surface area contributed by atoms with Crippen molar-refractivity contribution < 1.29 is 4.74 Å². The number of rotatable bonds is 2. The van der Waals surface area contributed by atoms with Crippen molar-refractivity contribution in [3.05, 3.63) is 23.6 Å². The second kappa shape index (κ2) is 2.86. The van der Waals surface area contributed by atoms with E-state index in [0.29, 0.717) is 10.4 Å². The van der Waals surface area contributed by atoms with Gasteiger partial charge in [-0.3, -0.25) is 0 Å². The number of allylic oxidation sites excluding steroid dienone is 1. The van der Waals surface area contributed by atoms with E-state index in [1.165, 1.54) is 0 Å². The lowest BCUT2D eigenvalue weighted by atomic mass is 10.7. The SMILES string of the molecule is C=C(C)OC(=C)Br. The molecule has 0 aliphatic rings. The first-order chi connectivity index (χ1) is 3.13. The van der Waals surface area contributed by atoms with Crippen LogP contribution in [0.2, 0.25) is 0 Å². The summed E-state index contributed by atoms with van der Waals surface area (Å²) < 4.78 is 5.28. The molecule has 0 aromatic carbocycles. The Bertz CT molecular complexity index is 84.3.